The average molecular weight is 1080 g/mol. The van der Waals surface area contributed by atoms with Crippen LogP contribution in [0.4, 0.5) is 0 Å². The van der Waals surface area contributed by atoms with Crippen LogP contribution < -0.4 is 11.1 Å². The Hall–Kier alpha value is -6.78. The number of benzene rings is 6. The quantitative estimate of drug-likeness (QED) is 0.0746. The van der Waals surface area contributed by atoms with Gasteiger partial charge in [-0.3, -0.25) is 14.6 Å². The number of isocyanates is 1. The van der Waals surface area contributed by atoms with Crippen molar-refractivity contribution in [3.05, 3.63) is 212 Å². The number of carboxylic acids is 2. The van der Waals surface area contributed by atoms with Gasteiger partial charge in [-0.2, -0.15) is 4.99 Å². The maximum absolute atomic E-state index is 11.1. The molecule has 6 unspecified atom stereocenters. The Balaban J connectivity index is 0.000000124. The molecule has 6 aromatic rings. The van der Waals surface area contributed by atoms with E-state index in [-0.39, 0.29) is 28.1 Å². The first kappa shape index (κ1) is 57.4. The number of isothiocyanates is 1. The van der Waals surface area contributed by atoms with Gasteiger partial charge in [-0.1, -0.05) is 157 Å². The van der Waals surface area contributed by atoms with Crippen LogP contribution >= 0.6 is 24.0 Å². The molecule has 0 fully saturated rings. The number of carboxylic acid groups (broad SMARTS) is 2. The van der Waals surface area contributed by atoms with Crippen LogP contribution in [0.3, 0.4) is 0 Å². The molecule has 0 saturated heterocycles. The predicted octanol–water partition coefficient (Wildman–Crippen LogP) is 13.3. The highest BCUT2D eigenvalue weighted by atomic mass is 32.2. The van der Waals surface area contributed by atoms with Crippen LogP contribution in [-0.2, 0) is 80.5 Å². The molecule has 0 amide bonds. The van der Waals surface area contributed by atoms with Crippen LogP contribution in [0.25, 0.3) is 0 Å². The van der Waals surface area contributed by atoms with Crippen molar-refractivity contribution < 1.29 is 24.6 Å². The average Bonchev–Trinajstić information content (AvgIpc) is 4.35. The molecule has 6 aliphatic carbocycles. The number of thiocarbonyl (C=S) groups is 1. The number of aryl methyl sites for hydroxylation is 6. The second-order valence-corrected chi connectivity index (χ2v) is 23.7. The van der Waals surface area contributed by atoms with Gasteiger partial charge >= 0.3 is 11.9 Å². The Morgan fingerprint density at radius 1 is 0.590 bits per heavy atom. The molecule has 6 atom stereocenters. The highest BCUT2D eigenvalue weighted by Crippen LogP contribution is 2.42. The molecule has 0 radical (unpaired) electrons. The molecular weight excluding hydrogens is 1010 g/mol. The molecule has 10 nitrogen and oxygen atoms in total. The van der Waals surface area contributed by atoms with E-state index < -0.39 is 17.4 Å². The van der Waals surface area contributed by atoms with Gasteiger partial charge in [-0.05, 0) is 191 Å². The number of hydrogen-bond donors (Lipinski definition) is 4. The third kappa shape index (κ3) is 12.9. The standard InChI is InChI=1S/C13H16N2S.C11H11NO.C11H11NS.C11H12O2.C10H13N.C10H10O2/c1-13(15-12-14-8-9-16-12)7-6-10-4-2-3-5-11(10)13;2*1-11(12-8-13)7-6-9-4-2-3-5-10(9)11;1-11(10(12)13)7-6-8-4-2-3-5-9(8)11;1-10(11)7-6-8-4-2-3-5-9(8)10;11-10(12)9-6-5-7-3-1-2-4-8(7)9/h2-5H,6-9H2,1H3,(H,14,15);2*2-5H,6-7H2,1H3;2-5H,6-7H2,1H3,(H,12,13);2-5H,6-7,11H2,1H3;1-4,9H,5-6H2,(H,11,12). The minimum absolute atomic E-state index is 0.0728. The monoisotopic (exact) mass is 1080 g/mol. The maximum atomic E-state index is 11.1. The summed E-state index contributed by atoms with van der Waals surface area (Å²) < 4.78 is 0. The number of nitrogens with zero attached hydrogens (tertiary/aromatic N) is 3. The lowest BCUT2D eigenvalue weighted by Crippen LogP contribution is -2.40. The third-order valence-corrected chi connectivity index (χ3v) is 18.0. The van der Waals surface area contributed by atoms with Crippen molar-refractivity contribution in [1.29, 1.82) is 0 Å². The Labute approximate surface area is 470 Å². The molecule has 6 aromatic carbocycles. The molecule has 13 rings (SSSR count). The minimum atomic E-state index is -0.711. The summed E-state index contributed by atoms with van der Waals surface area (Å²) in [6.45, 7) is 11.3. The van der Waals surface area contributed by atoms with Gasteiger partial charge in [0.25, 0.3) is 0 Å². The lowest BCUT2D eigenvalue weighted by atomic mass is 9.84. The van der Waals surface area contributed by atoms with Crippen LogP contribution in [0.1, 0.15) is 146 Å². The van der Waals surface area contributed by atoms with Crippen LogP contribution in [0.2, 0.25) is 0 Å². The SMILES string of the molecule is CC1(C(=O)O)CCc2ccccc21.CC1(N)CCc2ccccc21.CC1(N=C=O)CCc2ccccc21.CC1(N=C=S)CCc2ccccc21.CC1(NC2=NCCS2)CCc2ccccc21.O=C(O)C1CCc2ccccc21. The highest BCUT2D eigenvalue weighted by Gasteiger charge is 2.41. The Kier molecular flexibility index (Phi) is 18.3. The summed E-state index contributed by atoms with van der Waals surface area (Å²) in [5, 5.41) is 25.2. The Morgan fingerprint density at radius 3 is 1.56 bits per heavy atom. The minimum Gasteiger partial charge on any atom is -0.481 e. The lowest BCUT2D eigenvalue weighted by Gasteiger charge is -2.27. The molecular formula is C66H73N5O5S2. The number of rotatable bonds is 5. The van der Waals surface area contributed by atoms with E-state index in [0.717, 1.165) is 92.8 Å². The molecule has 1 aliphatic heterocycles. The number of carbonyl (C=O) groups excluding carboxylic acids is 1. The number of carbonyl (C=O) groups is 2. The summed E-state index contributed by atoms with van der Waals surface area (Å²) in [6, 6.07) is 49.4. The second-order valence-electron chi connectivity index (χ2n) is 22.4. The van der Waals surface area contributed by atoms with Crippen molar-refractivity contribution in [3.63, 3.8) is 0 Å². The van der Waals surface area contributed by atoms with Gasteiger partial charge in [-0.25, -0.2) is 9.79 Å². The topological polar surface area (TPSA) is 167 Å². The largest absolute Gasteiger partial charge is 0.481 e. The molecule has 5 N–H and O–H groups in total. The first-order chi connectivity index (χ1) is 37.4. The number of amidine groups is 1. The van der Waals surface area contributed by atoms with E-state index in [4.69, 9.17) is 15.9 Å². The number of thioether (sulfide) groups is 1. The van der Waals surface area contributed by atoms with Crippen molar-refractivity contribution in [3.8, 4) is 0 Å². The summed E-state index contributed by atoms with van der Waals surface area (Å²) >= 11 is 6.51. The molecule has 0 bridgehead atoms. The fraction of sp³-hybridized carbons (Fsp3) is 0.379. The van der Waals surface area contributed by atoms with Crippen LogP contribution in [0.15, 0.2) is 161 Å². The molecule has 7 aliphatic rings. The zero-order chi connectivity index (χ0) is 55.6. The fourth-order valence-electron chi connectivity index (χ4n) is 12.2. The van der Waals surface area contributed by atoms with E-state index in [0.29, 0.717) is 0 Å². The van der Waals surface area contributed by atoms with E-state index in [1.165, 1.54) is 68.5 Å². The number of aliphatic imine (C=N–C) groups is 3. The van der Waals surface area contributed by atoms with Gasteiger partial charge in [0.05, 0.1) is 39.7 Å². The summed E-state index contributed by atoms with van der Waals surface area (Å²) in [5.74, 6) is -0.543. The summed E-state index contributed by atoms with van der Waals surface area (Å²) in [5.41, 5.74) is 20.3. The summed E-state index contributed by atoms with van der Waals surface area (Å²) in [4.78, 5) is 44.8. The summed E-state index contributed by atoms with van der Waals surface area (Å²) in [7, 11) is 0. The smallest absolute Gasteiger partial charge is 0.313 e. The van der Waals surface area contributed by atoms with Crippen LogP contribution in [0, 0.1) is 0 Å². The van der Waals surface area contributed by atoms with Crippen molar-refractivity contribution in [2.45, 2.75) is 145 Å². The normalized spacial score (nSPS) is 25.5. The lowest BCUT2D eigenvalue weighted by molar-refractivity contribution is -0.143. The van der Waals surface area contributed by atoms with E-state index in [2.05, 4.69) is 137 Å². The van der Waals surface area contributed by atoms with Crippen LogP contribution in [0.5, 0.6) is 0 Å². The van der Waals surface area contributed by atoms with Crippen molar-refractivity contribution in [1.82, 2.24) is 5.32 Å². The highest BCUT2D eigenvalue weighted by molar-refractivity contribution is 8.14. The van der Waals surface area contributed by atoms with Gasteiger partial charge < -0.3 is 21.3 Å². The summed E-state index contributed by atoms with van der Waals surface area (Å²) in [6.07, 6.45) is 13.6. The second kappa shape index (κ2) is 24.9. The first-order valence-electron chi connectivity index (χ1n) is 27.3. The predicted molar refractivity (Wildman–Crippen MR) is 319 cm³/mol. The van der Waals surface area contributed by atoms with E-state index in [1.54, 1.807) is 13.0 Å². The molecule has 78 heavy (non-hydrogen) atoms. The van der Waals surface area contributed by atoms with E-state index in [1.807, 2.05) is 85.4 Å². The molecule has 404 valence electrons. The van der Waals surface area contributed by atoms with Crippen molar-refractivity contribution in [2.24, 2.45) is 20.7 Å². The number of fused-ring (bicyclic) bond motifs is 6. The van der Waals surface area contributed by atoms with Crippen molar-refractivity contribution >= 4 is 52.3 Å². The van der Waals surface area contributed by atoms with Gasteiger partial charge in [0.1, 0.15) is 0 Å². The Morgan fingerprint density at radius 2 is 1.04 bits per heavy atom. The third-order valence-electron chi connectivity index (χ3n) is 17.0. The molecule has 1 heterocycles. The van der Waals surface area contributed by atoms with Gasteiger partial charge in [0.2, 0.25) is 6.08 Å². The molecule has 0 spiro atoms. The Bertz CT molecular complexity index is 3110. The van der Waals surface area contributed by atoms with Gasteiger partial charge in [0.15, 0.2) is 5.17 Å². The van der Waals surface area contributed by atoms with Crippen LogP contribution in [-0.4, -0.2) is 50.9 Å². The fourth-order valence-corrected chi connectivity index (χ4v) is 13.3. The van der Waals surface area contributed by atoms with E-state index in [9.17, 15) is 14.4 Å². The molecule has 12 heteroatoms. The number of hydrogen-bond acceptors (Lipinski definition) is 10. The molecule has 0 aromatic heterocycles. The van der Waals surface area contributed by atoms with Crippen molar-refractivity contribution in [2.75, 3.05) is 12.3 Å². The number of nitrogens with one attached hydrogen (secondary N) is 1. The maximum Gasteiger partial charge on any atom is 0.313 e. The van der Waals surface area contributed by atoms with E-state index >= 15 is 0 Å². The van der Waals surface area contributed by atoms with Gasteiger partial charge in [0, 0.05) is 11.3 Å². The zero-order valence-corrected chi connectivity index (χ0v) is 47.3. The zero-order valence-electron chi connectivity index (χ0n) is 45.7. The number of aliphatic carboxylic acids is 2. The number of nitrogens with two attached hydrogens (primary N) is 1. The first-order valence-corrected chi connectivity index (χ1v) is 28.7. The van der Waals surface area contributed by atoms with Gasteiger partial charge in [-0.15, -0.1) is 0 Å². The molecule has 0 saturated carbocycles.